The molecule has 19 heavy (non-hydrogen) atoms. The van der Waals surface area contributed by atoms with Gasteiger partial charge in [-0.3, -0.25) is 0 Å². The zero-order valence-corrected chi connectivity index (χ0v) is 11.4. The number of rotatable bonds is 8. The summed E-state index contributed by atoms with van der Waals surface area (Å²) in [4.78, 5) is 0. The number of hydrogen-bond donors (Lipinski definition) is 1. The molecule has 1 aliphatic heterocycles. The van der Waals surface area contributed by atoms with Gasteiger partial charge >= 0.3 is 0 Å². The van der Waals surface area contributed by atoms with Crippen LogP contribution in [-0.4, -0.2) is 32.9 Å². The van der Waals surface area contributed by atoms with Crippen molar-refractivity contribution in [1.82, 2.24) is 5.32 Å². The van der Waals surface area contributed by atoms with Gasteiger partial charge in [-0.05, 0) is 24.0 Å². The van der Waals surface area contributed by atoms with Crippen LogP contribution in [0.25, 0.3) is 0 Å². The fourth-order valence-corrected chi connectivity index (χ4v) is 2.29. The lowest BCUT2D eigenvalue weighted by molar-refractivity contribution is 0.0407. The Morgan fingerprint density at radius 1 is 1.37 bits per heavy atom. The average molecular weight is 261 g/mol. The summed E-state index contributed by atoms with van der Waals surface area (Å²) in [5.41, 5.74) is 2.75. The maximum atomic E-state index is 5.83. The predicted molar refractivity (Wildman–Crippen MR) is 77.3 cm³/mol. The minimum atomic E-state index is 0.179. The molecular weight excluding hydrogens is 238 g/mol. The Morgan fingerprint density at radius 3 is 3.16 bits per heavy atom. The van der Waals surface area contributed by atoms with Crippen molar-refractivity contribution in [2.45, 2.75) is 18.9 Å². The minimum Gasteiger partial charge on any atom is -0.380 e. The van der Waals surface area contributed by atoms with Crippen molar-refractivity contribution >= 4 is 0 Å². The summed E-state index contributed by atoms with van der Waals surface area (Å²) in [6, 6.07) is 8.55. The Kier molecular flexibility index (Phi) is 6.08. The van der Waals surface area contributed by atoms with Crippen molar-refractivity contribution in [3.05, 3.63) is 48.0 Å². The molecule has 0 fully saturated rings. The van der Waals surface area contributed by atoms with E-state index in [1.807, 2.05) is 6.08 Å². The van der Waals surface area contributed by atoms with Crippen LogP contribution in [0.5, 0.6) is 0 Å². The van der Waals surface area contributed by atoms with Crippen LogP contribution in [0.15, 0.2) is 36.9 Å². The smallest absolute Gasteiger partial charge is 0.0952 e. The molecule has 1 unspecified atom stereocenters. The second kappa shape index (κ2) is 8.10. The molecule has 0 radical (unpaired) electrons. The van der Waals surface area contributed by atoms with Gasteiger partial charge in [-0.15, -0.1) is 6.58 Å². The number of fused-ring (bicyclic) bond motifs is 1. The topological polar surface area (TPSA) is 30.5 Å². The Hall–Kier alpha value is -1.16. The van der Waals surface area contributed by atoms with E-state index in [1.54, 1.807) is 0 Å². The molecule has 0 amide bonds. The van der Waals surface area contributed by atoms with Gasteiger partial charge in [-0.1, -0.05) is 30.3 Å². The molecule has 3 heteroatoms. The Balaban J connectivity index is 1.68. The molecule has 1 aromatic carbocycles. The SMILES string of the molecule is C=CCCOCCNCC1OCCc2ccccc21. The third-order valence-electron chi connectivity index (χ3n) is 3.31. The van der Waals surface area contributed by atoms with Crippen molar-refractivity contribution in [2.75, 3.05) is 32.9 Å². The average Bonchev–Trinajstić information content (AvgIpc) is 2.46. The van der Waals surface area contributed by atoms with E-state index in [-0.39, 0.29) is 6.10 Å². The largest absolute Gasteiger partial charge is 0.380 e. The van der Waals surface area contributed by atoms with Crippen LogP contribution < -0.4 is 5.32 Å². The van der Waals surface area contributed by atoms with Gasteiger partial charge in [0.15, 0.2) is 0 Å². The van der Waals surface area contributed by atoms with Gasteiger partial charge < -0.3 is 14.8 Å². The summed E-state index contributed by atoms with van der Waals surface area (Å²) < 4.78 is 11.3. The van der Waals surface area contributed by atoms with Gasteiger partial charge in [0.1, 0.15) is 0 Å². The maximum absolute atomic E-state index is 5.83. The van der Waals surface area contributed by atoms with Crippen LogP contribution in [-0.2, 0) is 15.9 Å². The van der Waals surface area contributed by atoms with E-state index in [4.69, 9.17) is 9.47 Å². The number of benzene rings is 1. The van der Waals surface area contributed by atoms with Crippen molar-refractivity contribution in [3.63, 3.8) is 0 Å². The molecule has 1 heterocycles. The van der Waals surface area contributed by atoms with Gasteiger partial charge in [0, 0.05) is 13.1 Å². The van der Waals surface area contributed by atoms with Crippen LogP contribution in [0.1, 0.15) is 23.7 Å². The van der Waals surface area contributed by atoms with Crippen molar-refractivity contribution in [3.8, 4) is 0 Å². The van der Waals surface area contributed by atoms with E-state index < -0.39 is 0 Å². The van der Waals surface area contributed by atoms with Crippen LogP contribution in [0.3, 0.4) is 0 Å². The molecule has 0 saturated heterocycles. The summed E-state index contributed by atoms with van der Waals surface area (Å²) in [5, 5.41) is 3.40. The van der Waals surface area contributed by atoms with Gasteiger partial charge in [-0.25, -0.2) is 0 Å². The molecule has 3 nitrogen and oxygen atoms in total. The van der Waals surface area contributed by atoms with Crippen molar-refractivity contribution in [1.29, 1.82) is 0 Å². The van der Waals surface area contributed by atoms with E-state index in [2.05, 4.69) is 36.2 Å². The van der Waals surface area contributed by atoms with Gasteiger partial charge in [0.05, 0.1) is 25.9 Å². The Morgan fingerprint density at radius 2 is 2.26 bits per heavy atom. The lowest BCUT2D eigenvalue weighted by atomic mass is 9.97. The first-order chi connectivity index (χ1) is 9.42. The zero-order valence-electron chi connectivity index (χ0n) is 11.4. The van der Waals surface area contributed by atoms with Crippen molar-refractivity contribution in [2.24, 2.45) is 0 Å². The van der Waals surface area contributed by atoms with Crippen LogP contribution in [0, 0.1) is 0 Å². The van der Waals surface area contributed by atoms with Crippen LogP contribution in [0.4, 0.5) is 0 Å². The molecule has 0 bridgehead atoms. The summed E-state index contributed by atoms with van der Waals surface area (Å²) in [5.74, 6) is 0. The molecule has 0 saturated carbocycles. The Labute approximate surface area is 115 Å². The van der Waals surface area contributed by atoms with Crippen LogP contribution in [0.2, 0.25) is 0 Å². The lowest BCUT2D eigenvalue weighted by Crippen LogP contribution is -2.29. The Bertz CT molecular complexity index is 392. The van der Waals surface area contributed by atoms with E-state index in [9.17, 15) is 0 Å². The lowest BCUT2D eigenvalue weighted by Gasteiger charge is -2.26. The summed E-state index contributed by atoms with van der Waals surface area (Å²) in [7, 11) is 0. The molecule has 1 aliphatic rings. The monoisotopic (exact) mass is 261 g/mol. The minimum absolute atomic E-state index is 0.179. The van der Waals surface area contributed by atoms with E-state index in [0.717, 1.165) is 45.8 Å². The molecule has 0 aliphatic carbocycles. The van der Waals surface area contributed by atoms with Gasteiger partial charge in [0.2, 0.25) is 0 Å². The maximum Gasteiger partial charge on any atom is 0.0952 e. The third-order valence-corrected chi connectivity index (χ3v) is 3.31. The van der Waals surface area contributed by atoms with E-state index in [0.29, 0.717) is 0 Å². The normalized spacial score (nSPS) is 18.0. The fraction of sp³-hybridized carbons (Fsp3) is 0.500. The second-order valence-corrected chi connectivity index (χ2v) is 4.70. The first-order valence-electron chi connectivity index (χ1n) is 7.00. The highest BCUT2D eigenvalue weighted by atomic mass is 16.5. The number of hydrogen-bond acceptors (Lipinski definition) is 3. The molecule has 1 aromatic rings. The zero-order chi connectivity index (χ0) is 13.3. The van der Waals surface area contributed by atoms with Gasteiger partial charge in [0.25, 0.3) is 0 Å². The molecule has 0 spiro atoms. The molecule has 0 aromatic heterocycles. The molecule has 1 N–H and O–H groups in total. The first-order valence-corrected chi connectivity index (χ1v) is 7.00. The summed E-state index contributed by atoms with van der Waals surface area (Å²) >= 11 is 0. The van der Waals surface area contributed by atoms with E-state index >= 15 is 0 Å². The summed E-state index contributed by atoms with van der Waals surface area (Å²) in [6.45, 7) is 7.69. The highest BCUT2D eigenvalue weighted by Gasteiger charge is 2.19. The highest BCUT2D eigenvalue weighted by Crippen LogP contribution is 2.25. The highest BCUT2D eigenvalue weighted by molar-refractivity contribution is 5.31. The quantitative estimate of drug-likeness (QED) is 0.576. The standard InChI is InChI=1S/C16H23NO2/c1-2-3-10-18-12-9-17-13-16-15-7-5-4-6-14(15)8-11-19-16/h2,4-7,16-17H,1,3,8-13H2. The van der Waals surface area contributed by atoms with Crippen molar-refractivity contribution < 1.29 is 9.47 Å². The van der Waals surface area contributed by atoms with Gasteiger partial charge in [-0.2, -0.15) is 0 Å². The molecule has 2 rings (SSSR count). The molecule has 1 atom stereocenters. The molecular formula is C16H23NO2. The number of nitrogens with one attached hydrogen (secondary N) is 1. The predicted octanol–water partition coefficient (Wildman–Crippen LogP) is 2.48. The van der Waals surface area contributed by atoms with E-state index in [1.165, 1.54) is 11.1 Å². The third kappa shape index (κ3) is 4.46. The summed E-state index contributed by atoms with van der Waals surface area (Å²) in [6.07, 6.45) is 3.99. The number of ether oxygens (including phenoxy) is 2. The first kappa shape index (κ1) is 14.3. The van der Waals surface area contributed by atoms with Crippen LogP contribution >= 0.6 is 0 Å². The fourth-order valence-electron chi connectivity index (χ4n) is 2.29. The second-order valence-electron chi connectivity index (χ2n) is 4.70. The molecule has 104 valence electrons.